The summed E-state index contributed by atoms with van der Waals surface area (Å²) in [5.41, 5.74) is 8.42. The van der Waals surface area contributed by atoms with E-state index in [1.165, 1.54) is 24.9 Å². The van der Waals surface area contributed by atoms with E-state index >= 15 is 0 Å². The van der Waals surface area contributed by atoms with Gasteiger partial charge < -0.3 is 10.6 Å². The van der Waals surface area contributed by atoms with E-state index in [4.69, 9.17) is 5.73 Å². The molecule has 1 saturated heterocycles. The molecule has 98 valence electrons. The molecule has 2 aliphatic rings. The molecule has 2 N–H and O–H groups in total. The number of piperidine rings is 1. The Kier molecular flexibility index (Phi) is 3.02. The van der Waals surface area contributed by atoms with Crippen molar-refractivity contribution in [2.75, 3.05) is 18.0 Å². The summed E-state index contributed by atoms with van der Waals surface area (Å²) in [6.45, 7) is 2.19. The molecule has 2 fully saturated rings. The highest BCUT2D eigenvalue weighted by Gasteiger charge is 2.38. The van der Waals surface area contributed by atoms with Crippen LogP contribution in [0.5, 0.6) is 0 Å². The maximum Gasteiger partial charge on any atom is 0.123 e. The van der Waals surface area contributed by atoms with Crippen LogP contribution in [-0.2, 0) is 6.42 Å². The van der Waals surface area contributed by atoms with Crippen LogP contribution >= 0.6 is 0 Å². The molecule has 18 heavy (non-hydrogen) atoms. The Morgan fingerprint density at radius 1 is 1.17 bits per heavy atom. The molecular weight excluding hydrogens is 227 g/mol. The molecule has 1 aromatic rings. The maximum absolute atomic E-state index is 13.5. The molecule has 0 unspecified atom stereocenters. The molecule has 1 aliphatic heterocycles. The zero-order chi connectivity index (χ0) is 12.6. The number of hydrogen-bond acceptors (Lipinski definition) is 2. The van der Waals surface area contributed by atoms with Gasteiger partial charge in [-0.25, -0.2) is 4.39 Å². The van der Waals surface area contributed by atoms with Crippen LogP contribution in [0.15, 0.2) is 18.2 Å². The molecule has 0 bridgehead atoms. The Bertz CT molecular complexity index is 434. The van der Waals surface area contributed by atoms with E-state index in [0.29, 0.717) is 0 Å². The van der Waals surface area contributed by atoms with Crippen LogP contribution in [0.3, 0.4) is 0 Å². The summed E-state index contributed by atoms with van der Waals surface area (Å²) in [5.74, 6) is -0.144. The largest absolute Gasteiger partial charge is 0.371 e. The number of anilines is 1. The molecule has 1 aromatic carbocycles. The van der Waals surface area contributed by atoms with Crippen molar-refractivity contribution in [3.63, 3.8) is 0 Å². The van der Waals surface area contributed by atoms with E-state index in [9.17, 15) is 4.39 Å². The predicted molar refractivity (Wildman–Crippen MR) is 72.3 cm³/mol. The number of benzene rings is 1. The second-order valence-electron chi connectivity index (χ2n) is 5.86. The second-order valence-corrected chi connectivity index (χ2v) is 5.86. The summed E-state index contributed by atoms with van der Waals surface area (Å²) in [7, 11) is 0. The van der Waals surface area contributed by atoms with Crippen LogP contribution in [0.4, 0.5) is 10.1 Å². The molecule has 3 rings (SSSR count). The Balaban J connectivity index is 1.86. The van der Waals surface area contributed by atoms with Crippen molar-refractivity contribution >= 4 is 5.69 Å². The van der Waals surface area contributed by atoms with Gasteiger partial charge in [-0.05, 0) is 62.3 Å². The fraction of sp³-hybridized carbons (Fsp3) is 0.600. The van der Waals surface area contributed by atoms with Gasteiger partial charge >= 0.3 is 0 Å². The highest BCUT2D eigenvalue weighted by Crippen LogP contribution is 2.38. The van der Waals surface area contributed by atoms with Gasteiger partial charge in [-0.3, -0.25) is 0 Å². The second kappa shape index (κ2) is 4.54. The van der Waals surface area contributed by atoms with Crippen molar-refractivity contribution in [1.82, 2.24) is 0 Å². The average Bonchev–Trinajstić information content (AvgIpc) is 3.08. The zero-order valence-corrected chi connectivity index (χ0v) is 10.8. The van der Waals surface area contributed by atoms with Crippen molar-refractivity contribution in [2.45, 2.75) is 44.1 Å². The lowest BCUT2D eigenvalue weighted by molar-refractivity contribution is 0.571. The van der Waals surface area contributed by atoms with Gasteiger partial charge in [0.1, 0.15) is 5.82 Å². The van der Waals surface area contributed by atoms with Gasteiger partial charge in [-0.1, -0.05) is 0 Å². The fourth-order valence-electron chi connectivity index (χ4n) is 2.86. The number of nitrogens with zero attached hydrogens (tertiary/aromatic N) is 1. The highest BCUT2D eigenvalue weighted by molar-refractivity contribution is 5.55. The molecule has 0 spiro atoms. The molecule has 1 aliphatic carbocycles. The van der Waals surface area contributed by atoms with Crippen molar-refractivity contribution in [3.8, 4) is 0 Å². The monoisotopic (exact) mass is 248 g/mol. The molecule has 2 nitrogen and oxygen atoms in total. The van der Waals surface area contributed by atoms with Gasteiger partial charge in [0.2, 0.25) is 0 Å². The van der Waals surface area contributed by atoms with E-state index in [1.807, 2.05) is 6.07 Å². The minimum Gasteiger partial charge on any atom is -0.371 e. The van der Waals surface area contributed by atoms with E-state index in [1.54, 1.807) is 12.1 Å². The van der Waals surface area contributed by atoms with E-state index in [2.05, 4.69) is 4.90 Å². The number of halogens is 1. The van der Waals surface area contributed by atoms with E-state index in [0.717, 1.165) is 37.9 Å². The van der Waals surface area contributed by atoms with Gasteiger partial charge in [-0.15, -0.1) is 0 Å². The molecule has 0 aromatic heterocycles. The SMILES string of the molecule is NC1(Cc2cc(F)ccc2N2CCCCC2)CC1. The summed E-state index contributed by atoms with van der Waals surface area (Å²) in [4.78, 5) is 2.39. The van der Waals surface area contributed by atoms with Gasteiger partial charge in [-0.2, -0.15) is 0 Å². The van der Waals surface area contributed by atoms with Gasteiger partial charge in [0.05, 0.1) is 0 Å². The van der Waals surface area contributed by atoms with Crippen molar-refractivity contribution in [1.29, 1.82) is 0 Å². The number of nitrogens with two attached hydrogens (primary N) is 1. The lowest BCUT2D eigenvalue weighted by atomic mass is 10.0. The molecule has 1 heterocycles. The van der Waals surface area contributed by atoms with Gasteiger partial charge in [0.15, 0.2) is 0 Å². The van der Waals surface area contributed by atoms with Gasteiger partial charge in [0, 0.05) is 24.3 Å². The van der Waals surface area contributed by atoms with E-state index < -0.39 is 0 Å². The first-order valence-electron chi connectivity index (χ1n) is 6.99. The standard InChI is InChI=1S/C15H21FN2/c16-13-4-5-14(18-8-2-1-3-9-18)12(10-13)11-15(17)6-7-15/h4-5,10H,1-3,6-9,11,17H2. The first-order valence-corrected chi connectivity index (χ1v) is 6.99. The zero-order valence-electron chi connectivity index (χ0n) is 10.8. The van der Waals surface area contributed by atoms with Crippen LogP contribution in [0, 0.1) is 5.82 Å². The summed E-state index contributed by atoms with van der Waals surface area (Å²) < 4.78 is 13.5. The third-order valence-electron chi connectivity index (χ3n) is 4.17. The summed E-state index contributed by atoms with van der Waals surface area (Å²) in [6.07, 6.45) is 6.76. The Hall–Kier alpha value is -1.09. The molecule has 0 radical (unpaired) electrons. The molecule has 0 amide bonds. The van der Waals surface area contributed by atoms with Crippen LogP contribution in [-0.4, -0.2) is 18.6 Å². The summed E-state index contributed by atoms with van der Waals surface area (Å²) >= 11 is 0. The van der Waals surface area contributed by atoms with Crippen molar-refractivity contribution < 1.29 is 4.39 Å². The van der Waals surface area contributed by atoms with E-state index in [-0.39, 0.29) is 11.4 Å². The van der Waals surface area contributed by atoms with Gasteiger partial charge in [0.25, 0.3) is 0 Å². The van der Waals surface area contributed by atoms with Crippen LogP contribution in [0.1, 0.15) is 37.7 Å². The lowest BCUT2D eigenvalue weighted by Crippen LogP contribution is -2.32. The Morgan fingerprint density at radius 3 is 2.56 bits per heavy atom. The summed E-state index contributed by atoms with van der Waals surface area (Å²) in [6, 6.07) is 5.18. The first kappa shape index (κ1) is 12.0. The normalized spacial score (nSPS) is 22.0. The van der Waals surface area contributed by atoms with Crippen molar-refractivity contribution in [3.05, 3.63) is 29.6 Å². The Labute approximate surface area is 108 Å². The number of hydrogen-bond donors (Lipinski definition) is 1. The van der Waals surface area contributed by atoms with Crippen LogP contribution in [0.25, 0.3) is 0 Å². The Morgan fingerprint density at radius 2 is 1.89 bits per heavy atom. The topological polar surface area (TPSA) is 29.3 Å². The maximum atomic E-state index is 13.5. The first-order chi connectivity index (χ1) is 8.66. The predicted octanol–water partition coefficient (Wildman–Crippen LogP) is 2.85. The smallest absolute Gasteiger partial charge is 0.123 e. The minimum absolute atomic E-state index is 0.0572. The molecule has 3 heteroatoms. The van der Waals surface area contributed by atoms with Crippen molar-refractivity contribution in [2.24, 2.45) is 5.73 Å². The average molecular weight is 248 g/mol. The summed E-state index contributed by atoms with van der Waals surface area (Å²) in [5, 5.41) is 0. The van der Waals surface area contributed by atoms with Crippen LogP contribution < -0.4 is 10.6 Å². The quantitative estimate of drug-likeness (QED) is 0.891. The lowest BCUT2D eigenvalue weighted by Gasteiger charge is -2.31. The molecule has 1 saturated carbocycles. The number of rotatable bonds is 3. The molecule has 0 atom stereocenters. The van der Waals surface area contributed by atoms with Crippen LogP contribution in [0.2, 0.25) is 0 Å². The fourth-order valence-corrected chi connectivity index (χ4v) is 2.86. The molecular formula is C15H21FN2. The third-order valence-corrected chi connectivity index (χ3v) is 4.17. The highest BCUT2D eigenvalue weighted by atomic mass is 19.1. The third kappa shape index (κ3) is 2.51. The minimum atomic E-state index is -0.144.